The van der Waals surface area contributed by atoms with E-state index in [-0.39, 0.29) is 0 Å². The number of benzene rings is 1. The lowest BCUT2D eigenvalue weighted by Gasteiger charge is -2.11. The van der Waals surface area contributed by atoms with E-state index in [1.54, 1.807) is 0 Å². The van der Waals surface area contributed by atoms with Crippen molar-refractivity contribution in [1.82, 2.24) is 9.78 Å². The molecule has 0 atom stereocenters. The molecule has 1 N–H and O–H groups in total. The van der Waals surface area contributed by atoms with Gasteiger partial charge in [0, 0.05) is 11.0 Å². The van der Waals surface area contributed by atoms with E-state index >= 15 is 0 Å². The van der Waals surface area contributed by atoms with Crippen LogP contribution in [0.1, 0.15) is 18.3 Å². The maximum atomic E-state index is 6.20. The Morgan fingerprint density at radius 1 is 1.32 bits per heavy atom. The van der Waals surface area contributed by atoms with Gasteiger partial charge in [-0.1, -0.05) is 23.2 Å². The van der Waals surface area contributed by atoms with Gasteiger partial charge in [0.15, 0.2) is 0 Å². The standard InChI is InChI=1S/C13H14BrCl2N3/c1-3-19-9(6-8(2)18-19)7-17-11-5-4-10(14)12(15)13(11)16/h4-6,17H,3,7H2,1-2H3. The number of rotatable bonds is 4. The van der Waals surface area contributed by atoms with Gasteiger partial charge in [0.25, 0.3) is 0 Å². The van der Waals surface area contributed by atoms with Gasteiger partial charge in [-0.2, -0.15) is 5.10 Å². The van der Waals surface area contributed by atoms with Crippen molar-refractivity contribution in [2.75, 3.05) is 5.32 Å². The molecule has 0 radical (unpaired) electrons. The minimum atomic E-state index is 0.520. The van der Waals surface area contributed by atoms with Gasteiger partial charge in [0.1, 0.15) is 0 Å². The minimum Gasteiger partial charge on any atom is -0.378 e. The van der Waals surface area contributed by atoms with Gasteiger partial charge >= 0.3 is 0 Å². The third kappa shape index (κ3) is 3.25. The number of nitrogens with zero attached hydrogens (tertiary/aromatic N) is 2. The zero-order chi connectivity index (χ0) is 14.0. The topological polar surface area (TPSA) is 29.9 Å². The summed E-state index contributed by atoms with van der Waals surface area (Å²) in [6.45, 7) is 5.56. The fraction of sp³-hybridized carbons (Fsp3) is 0.308. The van der Waals surface area contributed by atoms with Crippen LogP contribution in [0.4, 0.5) is 5.69 Å². The molecule has 2 rings (SSSR count). The Balaban J connectivity index is 2.17. The van der Waals surface area contributed by atoms with Crippen LogP contribution in [0.2, 0.25) is 10.0 Å². The molecule has 1 aromatic carbocycles. The van der Waals surface area contributed by atoms with Crippen molar-refractivity contribution >= 4 is 44.8 Å². The smallest absolute Gasteiger partial charge is 0.0835 e. The van der Waals surface area contributed by atoms with Crippen molar-refractivity contribution in [2.45, 2.75) is 26.9 Å². The van der Waals surface area contributed by atoms with Crippen LogP contribution in [0.15, 0.2) is 22.7 Å². The Bertz CT molecular complexity index is 596. The summed E-state index contributed by atoms with van der Waals surface area (Å²) in [5.41, 5.74) is 2.95. The van der Waals surface area contributed by atoms with Gasteiger partial charge in [-0.3, -0.25) is 4.68 Å². The van der Waals surface area contributed by atoms with Crippen LogP contribution in [-0.4, -0.2) is 9.78 Å². The highest BCUT2D eigenvalue weighted by Gasteiger charge is 2.09. The fourth-order valence-corrected chi connectivity index (χ4v) is 2.70. The second-order valence-corrected chi connectivity index (χ2v) is 5.78. The van der Waals surface area contributed by atoms with Crippen LogP contribution in [0, 0.1) is 6.92 Å². The second kappa shape index (κ2) is 6.16. The fourth-order valence-electron chi connectivity index (χ4n) is 1.86. The van der Waals surface area contributed by atoms with Gasteiger partial charge in [-0.05, 0) is 48.0 Å². The molecule has 0 spiro atoms. The Morgan fingerprint density at radius 3 is 2.74 bits per heavy atom. The lowest BCUT2D eigenvalue weighted by molar-refractivity contribution is 0.623. The molecule has 0 saturated carbocycles. The van der Waals surface area contributed by atoms with Crippen molar-refractivity contribution in [3.8, 4) is 0 Å². The van der Waals surface area contributed by atoms with Gasteiger partial charge in [0.2, 0.25) is 0 Å². The van der Waals surface area contributed by atoms with Crippen molar-refractivity contribution in [1.29, 1.82) is 0 Å². The van der Waals surface area contributed by atoms with E-state index in [1.165, 1.54) is 0 Å². The highest BCUT2D eigenvalue weighted by molar-refractivity contribution is 9.10. The first-order valence-electron chi connectivity index (χ1n) is 5.93. The van der Waals surface area contributed by atoms with Crippen LogP contribution in [0.25, 0.3) is 0 Å². The maximum absolute atomic E-state index is 6.20. The maximum Gasteiger partial charge on any atom is 0.0835 e. The highest BCUT2D eigenvalue weighted by Crippen LogP contribution is 2.35. The average Bonchev–Trinajstić information content (AvgIpc) is 2.75. The molecule has 0 aliphatic heterocycles. The molecule has 102 valence electrons. The van der Waals surface area contributed by atoms with Gasteiger partial charge in [-0.25, -0.2) is 0 Å². The first-order valence-corrected chi connectivity index (χ1v) is 7.48. The molecule has 2 aromatic rings. The Kier molecular flexibility index (Phi) is 4.76. The number of halogens is 3. The first kappa shape index (κ1) is 14.7. The van der Waals surface area contributed by atoms with E-state index in [4.69, 9.17) is 23.2 Å². The quantitative estimate of drug-likeness (QED) is 0.784. The number of anilines is 1. The lowest BCUT2D eigenvalue weighted by Crippen LogP contribution is -2.08. The predicted molar refractivity (Wildman–Crippen MR) is 84.1 cm³/mol. The highest BCUT2D eigenvalue weighted by atomic mass is 79.9. The number of aromatic nitrogens is 2. The van der Waals surface area contributed by atoms with E-state index in [0.29, 0.717) is 16.6 Å². The molecule has 0 fully saturated rings. The van der Waals surface area contributed by atoms with Gasteiger partial charge in [-0.15, -0.1) is 0 Å². The lowest BCUT2D eigenvalue weighted by atomic mass is 10.3. The van der Waals surface area contributed by atoms with E-state index in [0.717, 1.165) is 28.1 Å². The molecular formula is C13H14BrCl2N3. The Labute approximate surface area is 131 Å². The minimum absolute atomic E-state index is 0.520. The average molecular weight is 363 g/mol. The molecule has 1 aromatic heterocycles. The van der Waals surface area contributed by atoms with Crippen LogP contribution < -0.4 is 5.32 Å². The second-order valence-electron chi connectivity index (χ2n) is 4.17. The SMILES string of the molecule is CCn1nc(C)cc1CNc1ccc(Br)c(Cl)c1Cl. The molecule has 19 heavy (non-hydrogen) atoms. The molecule has 1 heterocycles. The van der Waals surface area contributed by atoms with Crippen LogP contribution in [0.5, 0.6) is 0 Å². The third-order valence-corrected chi connectivity index (χ3v) is 4.55. The summed E-state index contributed by atoms with van der Waals surface area (Å²) in [6, 6.07) is 5.83. The largest absolute Gasteiger partial charge is 0.378 e. The van der Waals surface area contributed by atoms with E-state index in [9.17, 15) is 0 Å². The number of aryl methyl sites for hydroxylation is 2. The summed E-state index contributed by atoms with van der Waals surface area (Å²) in [5.74, 6) is 0. The number of nitrogens with one attached hydrogen (secondary N) is 1. The molecule has 0 saturated heterocycles. The molecule has 0 bridgehead atoms. The molecule has 0 aliphatic carbocycles. The Hall–Kier alpha value is -0.710. The first-order chi connectivity index (χ1) is 9.02. The van der Waals surface area contributed by atoms with Gasteiger partial charge < -0.3 is 5.32 Å². The molecule has 6 heteroatoms. The van der Waals surface area contributed by atoms with Gasteiger partial charge in [0.05, 0.1) is 33.7 Å². The van der Waals surface area contributed by atoms with E-state index in [1.807, 2.05) is 23.7 Å². The molecule has 0 aliphatic rings. The third-order valence-electron chi connectivity index (χ3n) is 2.78. The van der Waals surface area contributed by atoms with Crippen molar-refractivity contribution < 1.29 is 0 Å². The summed E-state index contributed by atoms with van der Waals surface area (Å²) < 4.78 is 2.76. The summed E-state index contributed by atoms with van der Waals surface area (Å²) in [6.07, 6.45) is 0. The molecule has 0 amide bonds. The van der Waals surface area contributed by atoms with Crippen LogP contribution >= 0.6 is 39.1 Å². The zero-order valence-electron chi connectivity index (χ0n) is 10.7. The molecule has 0 unspecified atom stereocenters. The van der Waals surface area contributed by atoms with E-state index in [2.05, 4.69) is 39.3 Å². The van der Waals surface area contributed by atoms with Crippen LogP contribution in [-0.2, 0) is 13.1 Å². The Morgan fingerprint density at radius 2 is 2.05 bits per heavy atom. The number of hydrogen-bond acceptors (Lipinski definition) is 2. The van der Waals surface area contributed by atoms with Crippen molar-refractivity contribution in [2.24, 2.45) is 0 Å². The monoisotopic (exact) mass is 361 g/mol. The predicted octanol–water partition coefficient (Wildman–Crippen LogP) is 4.89. The summed E-state index contributed by atoms with van der Waals surface area (Å²) in [7, 11) is 0. The summed E-state index contributed by atoms with van der Waals surface area (Å²) in [5, 5.41) is 8.74. The normalized spacial score (nSPS) is 10.8. The number of hydrogen-bond donors (Lipinski definition) is 1. The summed E-state index contributed by atoms with van der Waals surface area (Å²) >= 11 is 15.6. The zero-order valence-corrected chi connectivity index (χ0v) is 13.8. The molecular weight excluding hydrogens is 349 g/mol. The van der Waals surface area contributed by atoms with Crippen LogP contribution in [0.3, 0.4) is 0 Å². The van der Waals surface area contributed by atoms with Crippen molar-refractivity contribution in [3.63, 3.8) is 0 Å². The van der Waals surface area contributed by atoms with E-state index < -0.39 is 0 Å². The molecule has 3 nitrogen and oxygen atoms in total. The van der Waals surface area contributed by atoms with Crippen molar-refractivity contribution in [3.05, 3.63) is 44.1 Å². The summed E-state index contributed by atoms with van der Waals surface area (Å²) in [4.78, 5) is 0.